The number of fused-ring (bicyclic) bond motifs is 1. The van der Waals surface area contributed by atoms with Gasteiger partial charge in [0.1, 0.15) is 16.8 Å². The number of benzene rings is 1. The summed E-state index contributed by atoms with van der Waals surface area (Å²) in [5.41, 5.74) is 6.19. The number of aromatic nitrogens is 2. The molecule has 1 aromatic heterocycles. The van der Waals surface area contributed by atoms with Crippen molar-refractivity contribution in [2.45, 2.75) is 41.0 Å². The number of nitrogens with zero attached hydrogens (tertiary/aromatic N) is 3. The van der Waals surface area contributed by atoms with Crippen LogP contribution in [0.25, 0.3) is 0 Å². The van der Waals surface area contributed by atoms with Crippen LogP contribution in [0, 0.1) is 33.6 Å². The molecule has 1 aliphatic rings. The summed E-state index contributed by atoms with van der Waals surface area (Å²) in [5.74, 6) is 2.23. The molecule has 4 heteroatoms. The zero-order valence-corrected chi connectivity index (χ0v) is 14.6. The van der Waals surface area contributed by atoms with Gasteiger partial charge < -0.3 is 4.90 Å². The van der Waals surface area contributed by atoms with Crippen LogP contribution in [0.15, 0.2) is 12.1 Å². The van der Waals surface area contributed by atoms with Gasteiger partial charge in [0.15, 0.2) is 0 Å². The lowest BCUT2D eigenvalue weighted by molar-refractivity contribution is 0.553. The Morgan fingerprint density at radius 1 is 1.09 bits per heavy atom. The summed E-state index contributed by atoms with van der Waals surface area (Å²) in [5, 5.41) is 0.599. The maximum Gasteiger partial charge on any atom is 0.141 e. The van der Waals surface area contributed by atoms with Crippen LogP contribution < -0.4 is 4.90 Å². The number of halogens is 1. The Bertz CT molecular complexity index is 716. The molecular weight excluding hydrogens is 294 g/mol. The molecule has 22 heavy (non-hydrogen) atoms. The van der Waals surface area contributed by atoms with Crippen molar-refractivity contribution in [1.82, 2.24) is 9.97 Å². The van der Waals surface area contributed by atoms with Crippen LogP contribution in [-0.4, -0.2) is 16.5 Å². The van der Waals surface area contributed by atoms with Crippen LogP contribution in [0.3, 0.4) is 0 Å². The third-order valence-corrected chi connectivity index (χ3v) is 4.57. The Balaban J connectivity index is 2.22. The Hall–Kier alpha value is -1.61. The lowest BCUT2D eigenvalue weighted by Gasteiger charge is -2.36. The van der Waals surface area contributed by atoms with E-state index in [0.717, 1.165) is 30.2 Å². The predicted octanol–water partition coefficient (Wildman–Crippen LogP) is 4.69. The molecule has 0 bridgehead atoms. The van der Waals surface area contributed by atoms with Crippen molar-refractivity contribution in [3.8, 4) is 0 Å². The second-order valence-corrected chi connectivity index (χ2v) is 6.89. The molecule has 0 fully saturated rings. The molecule has 0 spiro atoms. The van der Waals surface area contributed by atoms with E-state index in [1.54, 1.807) is 0 Å². The highest BCUT2D eigenvalue weighted by Gasteiger charge is 2.28. The van der Waals surface area contributed by atoms with Gasteiger partial charge >= 0.3 is 0 Å². The number of anilines is 2. The van der Waals surface area contributed by atoms with Crippen molar-refractivity contribution in [2.75, 3.05) is 11.4 Å². The smallest absolute Gasteiger partial charge is 0.141 e. The fourth-order valence-electron chi connectivity index (χ4n) is 3.55. The van der Waals surface area contributed by atoms with E-state index >= 15 is 0 Å². The minimum atomic E-state index is 0.524. The summed E-state index contributed by atoms with van der Waals surface area (Å²) in [6.07, 6.45) is 0.939. The average molecular weight is 316 g/mol. The Kier molecular flexibility index (Phi) is 3.85. The first-order valence-corrected chi connectivity index (χ1v) is 8.13. The Morgan fingerprint density at radius 3 is 2.36 bits per heavy atom. The molecule has 3 nitrogen and oxygen atoms in total. The molecule has 1 atom stereocenters. The van der Waals surface area contributed by atoms with Crippen molar-refractivity contribution in [3.63, 3.8) is 0 Å². The van der Waals surface area contributed by atoms with Crippen molar-refractivity contribution < 1.29 is 0 Å². The zero-order chi connectivity index (χ0) is 16.0. The summed E-state index contributed by atoms with van der Waals surface area (Å²) in [6.45, 7) is 11.6. The predicted molar refractivity (Wildman–Crippen MR) is 92.3 cm³/mol. The van der Waals surface area contributed by atoms with Gasteiger partial charge in [-0.15, -0.1) is 0 Å². The van der Waals surface area contributed by atoms with Crippen molar-refractivity contribution in [2.24, 2.45) is 5.92 Å². The van der Waals surface area contributed by atoms with Crippen molar-refractivity contribution >= 4 is 23.1 Å². The number of aryl methyl sites for hydroxylation is 4. The van der Waals surface area contributed by atoms with Gasteiger partial charge in [0.25, 0.3) is 0 Å². The van der Waals surface area contributed by atoms with Gasteiger partial charge in [-0.3, -0.25) is 0 Å². The Morgan fingerprint density at radius 2 is 1.73 bits per heavy atom. The third-order valence-electron chi connectivity index (χ3n) is 4.25. The van der Waals surface area contributed by atoms with E-state index in [0.29, 0.717) is 11.1 Å². The summed E-state index contributed by atoms with van der Waals surface area (Å²) < 4.78 is 0. The maximum absolute atomic E-state index is 6.39. The molecule has 0 radical (unpaired) electrons. The summed E-state index contributed by atoms with van der Waals surface area (Å²) >= 11 is 6.39. The lowest BCUT2D eigenvalue weighted by atomic mass is 9.95. The minimum Gasteiger partial charge on any atom is -0.325 e. The first-order chi connectivity index (χ1) is 10.4. The van der Waals surface area contributed by atoms with Gasteiger partial charge in [0.05, 0.1) is 0 Å². The molecular formula is C18H22ClN3. The summed E-state index contributed by atoms with van der Waals surface area (Å²) in [4.78, 5) is 11.4. The zero-order valence-electron chi connectivity index (χ0n) is 13.9. The van der Waals surface area contributed by atoms with Crippen LogP contribution in [0.2, 0.25) is 5.15 Å². The largest absolute Gasteiger partial charge is 0.325 e. The minimum absolute atomic E-state index is 0.524. The molecule has 0 N–H and O–H groups in total. The molecule has 2 aromatic rings. The van der Waals surface area contributed by atoms with E-state index in [-0.39, 0.29) is 0 Å². The number of hydrogen-bond donors (Lipinski definition) is 0. The quantitative estimate of drug-likeness (QED) is 0.715. The molecule has 2 heterocycles. The molecule has 0 saturated carbocycles. The molecule has 0 aliphatic carbocycles. The summed E-state index contributed by atoms with van der Waals surface area (Å²) in [6, 6.07) is 4.47. The highest BCUT2D eigenvalue weighted by atomic mass is 35.5. The normalized spacial score (nSPS) is 17.5. The first kappa shape index (κ1) is 15.3. The molecule has 116 valence electrons. The van der Waals surface area contributed by atoms with Gasteiger partial charge in [0, 0.05) is 17.8 Å². The number of hydrogen-bond acceptors (Lipinski definition) is 3. The summed E-state index contributed by atoms with van der Waals surface area (Å²) in [7, 11) is 0. The topological polar surface area (TPSA) is 29.0 Å². The van der Waals surface area contributed by atoms with E-state index in [1.807, 2.05) is 6.92 Å². The molecule has 3 rings (SSSR count). The molecule has 1 unspecified atom stereocenters. The van der Waals surface area contributed by atoms with Crippen LogP contribution in [-0.2, 0) is 6.42 Å². The van der Waals surface area contributed by atoms with E-state index in [1.165, 1.54) is 22.4 Å². The number of rotatable bonds is 1. The van der Waals surface area contributed by atoms with Crippen LogP contribution in [0.5, 0.6) is 0 Å². The molecule has 1 aliphatic heterocycles. The average Bonchev–Trinajstić information content (AvgIpc) is 2.38. The maximum atomic E-state index is 6.39. The molecule has 0 saturated heterocycles. The lowest BCUT2D eigenvalue weighted by Crippen LogP contribution is -2.33. The van der Waals surface area contributed by atoms with Gasteiger partial charge in [-0.2, -0.15) is 0 Å². The fraction of sp³-hybridized carbons (Fsp3) is 0.444. The van der Waals surface area contributed by atoms with E-state index in [9.17, 15) is 0 Å². The molecule has 1 aromatic carbocycles. The van der Waals surface area contributed by atoms with Crippen molar-refractivity contribution in [3.05, 3.63) is 45.4 Å². The van der Waals surface area contributed by atoms with Gasteiger partial charge in [-0.1, -0.05) is 36.2 Å². The van der Waals surface area contributed by atoms with E-state index in [4.69, 9.17) is 16.6 Å². The Labute approximate surface area is 137 Å². The standard InChI is InChI=1S/C18H22ClN3/c1-10-6-12(3)16(13(4)7-10)22-9-11(2)8-15-17(19)20-14(5)21-18(15)22/h6-7,11H,8-9H2,1-5H3. The third kappa shape index (κ3) is 2.58. The van der Waals surface area contributed by atoms with Gasteiger partial charge in [-0.25, -0.2) is 9.97 Å². The van der Waals surface area contributed by atoms with E-state index in [2.05, 4.69) is 49.7 Å². The van der Waals surface area contributed by atoms with Crippen LogP contribution in [0.1, 0.15) is 35.0 Å². The van der Waals surface area contributed by atoms with Crippen LogP contribution in [0.4, 0.5) is 11.5 Å². The fourth-order valence-corrected chi connectivity index (χ4v) is 3.84. The second-order valence-electron chi connectivity index (χ2n) is 6.53. The first-order valence-electron chi connectivity index (χ1n) is 7.75. The highest BCUT2D eigenvalue weighted by molar-refractivity contribution is 6.30. The van der Waals surface area contributed by atoms with E-state index < -0.39 is 0 Å². The molecule has 0 amide bonds. The highest BCUT2D eigenvalue weighted by Crippen LogP contribution is 2.39. The van der Waals surface area contributed by atoms with Gasteiger partial charge in [0.2, 0.25) is 0 Å². The van der Waals surface area contributed by atoms with Crippen LogP contribution >= 0.6 is 11.6 Å². The second kappa shape index (κ2) is 5.54. The SMILES string of the molecule is Cc1cc(C)c(N2CC(C)Cc3c(Cl)nc(C)nc32)c(C)c1. The van der Waals surface area contributed by atoms with Gasteiger partial charge in [-0.05, 0) is 51.2 Å². The monoisotopic (exact) mass is 315 g/mol. The van der Waals surface area contributed by atoms with Crippen molar-refractivity contribution in [1.29, 1.82) is 0 Å².